The maximum Gasteiger partial charge on any atom is 0.253 e. The summed E-state index contributed by atoms with van der Waals surface area (Å²) in [6, 6.07) is 11.8. The van der Waals surface area contributed by atoms with Crippen LogP contribution in [-0.4, -0.2) is 46.0 Å². The van der Waals surface area contributed by atoms with Crippen LogP contribution in [0.5, 0.6) is 5.75 Å². The van der Waals surface area contributed by atoms with Gasteiger partial charge < -0.3 is 9.64 Å². The quantitative estimate of drug-likeness (QED) is 0.762. The number of nitrogens with one attached hydrogen (secondary N) is 1. The minimum atomic E-state index is -3.64. The van der Waals surface area contributed by atoms with Crippen LogP contribution in [0.15, 0.2) is 53.4 Å². The number of likely N-dealkylation sites (N-methyl/N-ethyl adjacent to an activating group) is 1. The van der Waals surface area contributed by atoms with Gasteiger partial charge >= 0.3 is 0 Å². The molecule has 0 spiro atoms. The molecule has 0 aliphatic rings. The number of rotatable bonds is 8. The van der Waals surface area contributed by atoms with Gasteiger partial charge in [-0.3, -0.25) is 4.79 Å². The Morgan fingerprint density at radius 2 is 1.92 bits per heavy atom. The molecule has 0 bridgehead atoms. The SMILES string of the molecule is CCNS(=O)(=O)c1cccc(C(=O)N(C)CCOc2ccccc2F)c1. The van der Waals surface area contributed by atoms with Gasteiger partial charge in [-0.2, -0.15) is 0 Å². The highest BCUT2D eigenvalue weighted by Gasteiger charge is 2.17. The molecule has 0 unspecified atom stereocenters. The van der Waals surface area contributed by atoms with Crippen LogP contribution in [-0.2, 0) is 10.0 Å². The molecule has 0 fully saturated rings. The number of benzene rings is 2. The molecule has 26 heavy (non-hydrogen) atoms. The summed E-state index contributed by atoms with van der Waals surface area (Å²) < 4.78 is 45.3. The lowest BCUT2D eigenvalue weighted by molar-refractivity contribution is 0.0772. The van der Waals surface area contributed by atoms with Gasteiger partial charge in [-0.15, -0.1) is 0 Å². The van der Waals surface area contributed by atoms with Crippen LogP contribution in [0.25, 0.3) is 0 Å². The summed E-state index contributed by atoms with van der Waals surface area (Å²) >= 11 is 0. The molecule has 1 N–H and O–H groups in total. The van der Waals surface area contributed by atoms with Crippen LogP contribution in [0.3, 0.4) is 0 Å². The lowest BCUT2D eigenvalue weighted by atomic mass is 10.2. The van der Waals surface area contributed by atoms with Gasteiger partial charge in [0.1, 0.15) is 6.61 Å². The molecule has 1 amide bonds. The summed E-state index contributed by atoms with van der Waals surface area (Å²) in [7, 11) is -2.07. The van der Waals surface area contributed by atoms with Crippen molar-refractivity contribution in [2.75, 3.05) is 26.7 Å². The number of nitrogens with zero attached hydrogens (tertiary/aromatic N) is 1. The van der Waals surface area contributed by atoms with E-state index in [1.54, 1.807) is 32.2 Å². The van der Waals surface area contributed by atoms with Crippen molar-refractivity contribution in [2.24, 2.45) is 0 Å². The third-order valence-electron chi connectivity index (χ3n) is 3.59. The Morgan fingerprint density at radius 1 is 1.19 bits per heavy atom. The number of carbonyl (C=O) groups is 1. The van der Waals surface area contributed by atoms with E-state index in [0.717, 1.165) is 0 Å². The molecule has 2 rings (SSSR count). The molecule has 6 nitrogen and oxygen atoms in total. The van der Waals surface area contributed by atoms with Gasteiger partial charge in [0.05, 0.1) is 11.4 Å². The van der Waals surface area contributed by atoms with Gasteiger partial charge in [-0.25, -0.2) is 17.5 Å². The van der Waals surface area contributed by atoms with Crippen molar-refractivity contribution in [3.05, 3.63) is 59.9 Å². The number of hydrogen-bond acceptors (Lipinski definition) is 4. The van der Waals surface area contributed by atoms with E-state index in [0.29, 0.717) is 0 Å². The normalized spacial score (nSPS) is 11.2. The molecule has 0 aliphatic carbocycles. The van der Waals surface area contributed by atoms with Crippen molar-refractivity contribution in [1.29, 1.82) is 0 Å². The second-order valence-electron chi connectivity index (χ2n) is 5.53. The van der Waals surface area contributed by atoms with Crippen molar-refractivity contribution < 1.29 is 22.3 Å². The highest BCUT2D eigenvalue weighted by molar-refractivity contribution is 7.89. The number of ether oxygens (including phenoxy) is 1. The number of halogens is 1. The summed E-state index contributed by atoms with van der Waals surface area (Å²) in [6.07, 6.45) is 0. The van der Waals surface area contributed by atoms with E-state index in [1.165, 1.54) is 35.2 Å². The van der Waals surface area contributed by atoms with Gasteiger partial charge in [0.15, 0.2) is 11.6 Å². The van der Waals surface area contributed by atoms with Crippen LogP contribution >= 0.6 is 0 Å². The molecule has 8 heteroatoms. The standard InChI is InChI=1S/C18H21FN2O4S/c1-3-20-26(23,24)15-8-6-7-14(13-15)18(22)21(2)11-12-25-17-10-5-4-9-16(17)19/h4-10,13,20H,3,11-12H2,1-2H3. The van der Waals surface area contributed by atoms with Crippen molar-refractivity contribution in [3.8, 4) is 5.75 Å². The lowest BCUT2D eigenvalue weighted by Crippen LogP contribution is -2.31. The fourth-order valence-corrected chi connectivity index (χ4v) is 3.33. The number of para-hydroxylation sites is 1. The van der Waals surface area contributed by atoms with E-state index >= 15 is 0 Å². The van der Waals surface area contributed by atoms with Crippen LogP contribution in [0.2, 0.25) is 0 Å². The van der Waals surface area contributed by atoms with E-state index in [-0.39, 0.29) is 41.8 Å². The Kier molecular flexibility index (Phi) is 6.70. The van der Waals surface area contributed by atoms with Gasteiger partial charge in [-0.1, -0.05) is 25.1 Å². The first-order valence-electron chi connectivity index (χ1n) is 8.07. The van der Waals surface area contributed by atoms with Crippen molar-refractivity contribution in [2.45, 2.75) is 11.8 Å². The first-order chi connectivity index (χ1) is 12.3. The number of sulfonamides is 1. The van der Waals surface area contributed by atoms with Crippen LogP contribution in [0.1, 0.15) is 17.3 Å². The highest BCUT2D eigenvalue weighted by Crippen LogP contribution is 2.16. The topological polar surface area (TPSA) is 75.7 Å². The van der Waals surface area contributed by atoms with E-state index in [4.69, 9.17) is 4.74 Å². The number of carbonyl (C=O) groups excluding carboxylic acids is 1. The van der Waals surface area contributed by atoms with Gasteiger partial charge in [0.25, 0.3) is 5.91 Å². The molecule has 2 aromatic carbocycles. The van der Waals surface area contributed by atoms with E-state index in [1.807, 2.05) is 0 Å². The average Bonchev–Trinajstić information content (AvgIpc) is 2.62. The largest absolute Gasteiger partial charge is 0.489 e. The first kappa shape index (κ1) is 19.9. The predicted octanol–water partition coefficient (Wildman–Crippen LogP) is 2.27. The van der Waals surface area contributed by atoms with Gasteiger partial charge in [-0.05, 0) is 30.3 Å². The third-order valence-corrected chi connectivity index (χ3v) is 5.14. The molecular formula is C18H21FN2O4S. The molecule has 0 atom stereocenters. The third kappa shape index (κ3) is 5.03. The maximum absolute atomic E-state index is 13.5. The Hall–Kier alpha value is -2.45. The van der Waals surface area contributed by atoms with Crippen molar-refractivity contribution in [1.82, 2.24) is 9.62 Å². The van der Waals surface area contributed by atoms with Crippen LogP contribution in [0.4, 0.5) is 4.39 Å². The molecule has 0 radical (unpaired) electrons. The molecule has 0 aliphatic heterocycles. The fourth-order valence-electron chi connectivity index (χ4n) is 2.25. The molecule has 0 saturated carbocycles. The number of hydrogen-bond donors (Lipinski definition) is 1. The average molecular weight is 380 g/mol. The lowest BCUT2D eigenvalue weighted by Gasteiger charge is -2.18. The minimum Gasteiger partial charge on any atom is -0.489 e. The molecule has 140 valence electrons. The zero-order valence-electron chi connectivity index (χ0n) is 14.6. The Labute approximate surface area is 152 Å². The summed E-state index contributed by atoms with van der Waals surface area (Å²) in [4.78, 5) is 13.9. The molecule has 2 aromatic rings. The van der Waals surface area contributed by atoms with Crippen LogP contribution in [0, 0.1) is 5.82 Å². The van der Waals surface area contributed by atoms with Gasteiger partial charge in [0.2, 0.25) is 10.0 Å². The second-order valence-corrected chi connectivity index (χ2v) is 7.30. The van der Waals surface area contributed by atoms with Gasteiger partial charge in [0, 0.05) is 19.2 Å². The molecular weight excluding hydrogens is 359 g/mol. The summed E-state index contributed by atoms with van der Waals surface area (Å²) in [5.74, 6) is -0.703. The van der Waals surface area contributed by atoms with Crippen molar-refractivity contribution in [3.63, 3.8) is 0 Å². The molecule has 0 heterocycles. The Balaban J connectivity index is 2.01. The summed E-state index contributed by atoms with van der Waals surface area (Å²) in [5, 5.41) is 0. The van der Waals surface area contributed by atoms with E-state index < -0.39 is 15.8 Å². The minimum absolute atomic E-state index is 0.0289. The second kappa shape index (κ2) is 8.77. The Bertz CT molecular complexity index is 871. The summed E-state index contributed by atoms with van der Waals surface area (Å²) in [6.45, 7) is 2.26. The first-order valence-corrected chi connectivity index (χ1v) is 9.56. The fraction of sp³-hybridized carbons (Fsp3) is 0.278. The number of amides is 1. The van der Waals surface area contributed by atoms with Crippen molar-refractivity contribution >= 4 is 15.9 Å². The zero-order chi connectivity index (χ0) is 19.2. The summed E-state index contributed by atoms with van der Waals surface area (Å²) in [5.41, 5.74) is 0.248. The van der Waals surface area contributed by atoms with Crippen LogP contribution < -0.4 is 9.46 Å². The highest BCUT2D eigenvalue weighted by atomic mass is 32.2. The van der Waals surface area contributed by atoms with E-state index in [9.17, 15) is 17.6 Å². The molecule has 0 aromatic heterocycles. The molecule has 0 saturated heterocycles. The maximum atomic E-state index is 13.5. The van der Waals surface area contributed by atoms with E-state index in [2.05, 4.69) is 4.72 Å². The zero-order valence-corrected chi connectivity index (χ0v) is 15.4. The monoisotopic (exact) mass is 380 g/mol. The smallest absolute Gasteiger partial charge is 0.253 e. The predicted molar refractivity (Wildman–Crippen MR) is 96.2 cm³/mol. The Morgan fingerprint density at radius 3 is 2.62 bits per heavy atom.